The molecular formula is C14H22N2O3S. The minimum Gasteiger partial charge on any atom is -0.497 e. The predicted octanol–water partition coefficient (Wildman–Crippen LogP) is 2.13. The Morgan fingerprint density at radius 3 is 2.60 bits per heavy atom. The Kier molecular flexibility index (Phi) is 4.55. The van der Waals surface area contributed by atoms with Crippen LogP contribution in [0.5, 0.6) is 5.75 Å². The summed E-state index contributed by atoms with van der Waals surface area (Å²) in [6.07, 6.45) is 4.18. The summed E-state index contributed by atoms with van der Waals surface area (Å²) in [6.45, 7) is 2.09. The van der Waals surface area contributed by atoms with Crippen molar-refractivity contribution in [1.29, 1.82) is 0 Å². The lowest BCUT2D eigenvalue weighted by atomic mass is 9.87. The number of hydrogen-bond donors (Lipinski definition) is 2. The van der Waals surface area contributed by atoms with Gasteiger partial charge in [0.15, 0.2) is 0 Å². The average Bonchev–Trinajstić information content (AvgIpc) is 2.40. The highest BCUT2D eigenvalue weighted by Crippen LogP contribution is 2.28. The van der Waals surface area contributed by atoms with Crippen LogP contribution in [0.25, 0.3) is 0 Å². The van der Waals surface area contributed by atoms with Crippen LogP contribution in [0.4, 0.5) is 5.69 Å². The summed E-state index contributed by atoms with van der Waals surface area (Å²) in [4.78, 5) is 0.121. The molecule has 5 nitrogen and oxygen atoms in total. The number of nitrogens with one attached hydrogen (secondary N) is 1. The molecule has 0 heterocycles. The summed E-state index contributed by atoms with van der Waals surface area (Å²) in [5.41, 5.74) is 6.03. The normalized spacial score (nSPS) is 23.5. The molecule has 1 aromatic rings. The van der Waals surface area contributed by atoms with Crippen molar-refractivity contribution in [3.8, 4) is 5.75 Å². The molecule has 2 rings (SSSR count). The minimum absolute atomic E-state index is 0.00440. The highest BCUT2D eigenvalue weighted by atomic mass is 32.2. The SMILES string of the molecule is COc1ccc(S(=O)(=O)NC2CCCCC2C)c(N)c1. The van der Waals surface area contributed by atoms with Gasteiger partial charge in [-0.1, -0.05) is 19.8 Å². The van der Waals surface area contributed by atoms with E-state index in [1.54, 1.807) is 6.07 Å². The first kappa shape index (κ1) is 15.1. The van der Waals surface area contributed by atoms with Crippen LogP contribution in [0, 0.1) is 5.92 Å². The molecule has 1 fully saturated rings. The maximum Gasteiger partial charge on any atom is 0.242 e. The van der Waals surface area contributed by atoms with Gasteiger partial charge in [0.25, 0.3) is 0 Å². The number of hydrogen-bond acceptors (Lipinski definition) is 4. The smallest absolute Gasteiger partial charge is 0.242 e. The van der Waals surface area contributed by atoms with Gasteiger partial charge in [0.05, 0.1) is 12.8 Å². The highest BCUT2D eigenvalue weighted by molar-refractivity contribution is 7.89. The fourth-order valence-electron chi connectivity index (χ4n) is 2.65. The molecule has 0 saturated heterocycles. The summed E-state index contributed by atoms with van der Waals surface area (Å²) in [6, 6.07) is 4.62. The lowest BCUT2D eigenvalue weighted by molar-refractivity contribution is 0.310. The van der Waals surface area contributed by atoms with Crippen molar-refractivity contribution in [1.82, 2.24) is 4.72 Å². The van der Waals surface area contributed by atoms with Crippen LogP contribution in [-0.2, 0) is 10.0 Å². The molecule has 20 heavy (non-hydrogen) atoms. The molecule has 1 aromatic carbocycles. The van der Waals surface area contributed by atoms with Crippen molar-refractivity contribution < 1.29 is 13.2 Å². The molecule has 0 aromatic heterocycles. The van der Waals surface area contributed by atoms with E-state index in [2.05, 4.69) is 11.6 Å². The van der Waals surface area contributed by atoms with Gasteiger partial charge in [0.2, 0.25) is 10.0 Å². The number of nitrogens with two attached hydrogens (primary N) is 1. The first-order valence-electron chi connectivity index (χ1n) is 6.90. The maximum absolute atomic E-state index is 12.4. The number of anilines is 1. The molecule has 1 saturated carbocycles. The first-order valence-corrected chi connectivity index (χ1v) is 8.38. The van der Waals surface area contributed by atoms with Gasteiger partial charge in [-0.3, -0.25) is 0 Å². The zero-order chi connectivity index (χ0) is 14.8. The fourth-order valence-corrected chi connectivity index (χ4v) is 4.14. The number of ether oxygens (including phenoxy) is 1. The van der Waals surface area contributed by atoms with E-state index in [1.807, 2.05) is 0 Å². The summed E-state index contributed by atoms with van der Waals surface area (Å²) >= 11 is 0. The molecule has 112 valence electrons. The van der Waals surface area contributed by atoms with Gasteiger partial charge in [-0.05, 0) is 30.9 Å². The minimum atomic E-state index is -3.58. The molecule has 3 N–H and O–H groups in total. The standard InChI is InChI=1S/C14H22N2O3S/c1-10-5-3-4-6-13(10)16-20(17,18)14-8-7-11(19-2)9-12(14)15/h7-10,13,16H,3-6,15H2,1-2H3. The summed E-state index contributed by atoms with van der Waals surface area (Å²) in [5.74, 6) is 0.908. The Morgan fingerprint density at radius 1 is 1.30 bits per heavy atom. The molecule has 0 radical (unpaired) electrons. The Labute approximate surface area is 120 Å². The second kappa shape index (κ2) is 6.01. The van der Waals surface area contributed by atoms with Crippen molar-refractivity contribution in [3.05, 3.63) is 18.2 Å². The van der Waals surface area contributed by atoms with Crippen LogP contribution in [0.15, 0.2) is 23.1 Å². The van der Waals surface area contributed by atoms with Crippen LogP contribution in [0.2, 0.25) is 0 Å². The van der Waals surface area contributed by atoms with Gasteiger partial charge in [0.1, 0.15) is 10.6 Å². The molecule has 0 amide bonds. The monoisotopic (exact) mass is 298 g/mol. The highest BCUT2D eigenvalue weighted by Gasteiger charge is 2.27. The quantitative estimate of drug-likeness (QED) is 0.834. The third-order valence-electron chi connectivity index (χ3n) is 3.92. The van der Waals surface area contributed by atoms with E-state index in [9.17, 15) is 8.42 Å². The Bertz CT molecular complexity index is 572. The number of sulfonamides is 1. The van der Waals surface area contributed by atoms with Crippen molar-refractivity contribution in [2.45, 2.75) is 43.5 Å². The van der Waals surface area contributed by atoms with Crippen molar-refractivity contribution in [2.75, 3.05) is 12.8 Å². The lowest BCUT2D eigenvalue weighted by Gasteiger charge is -2.29. The van der Waals surface area contributed by atoms with E-state index < -0.39 is 10.0 Å². The number of nitrogen functional groups attached to an aromatic ring is 1. The van der Waals surface area contributed by atoms with E-state index in [0.29, 0.717) is 11.7 Å². The molecule has 0 aliphatic heterocycles. The van der Waals surface area contributed by atoms with Gasteiger partial charge in [-0.25, -0.2) is 13.1 Å². The van der Waals surface area contributed by atoms with Gasteiger partial charge >= 0.3 is 0 Å². The predicted molar refractivity (Wildman–Crippen MR) is 79.1 cm³/mol. The van der Waals surface area contributed by atoms with Crippen molar-refractivity contribution >= 4 is 15.7 Å². The number of benzene rings is 1. The summed E-state index contributed by atoms with van der Waals surface area (Å²) < 4.78 is 32.7. The van der Waals surface area contributed by atoms with E-state index in [0.717, 1.165) is 19.3 Å². The summed E-state index contributed by atoms with van der Waals surface area (Å²) in [7, 11) is -2.06. The molecule has 1 aliphatic rings. The van der Waals surface area contributed by atoms with Crippen LogP contribution < -0.4 is 15.2 Å². The zero-order valence-corrected chi connectivity index (χ0v) is 12.7. The van der Waals surface area contributed by atoms with E-state index in [4.69, 9.17) is 10.5 Å². The maximum atomic E-state index is 12.4. The van der Waals surface area contributed by atoms with Crippen LogP contribution >= 0.6 is 0 Å². The van der Waals surface area contributed by atoms with Crippen molar-refractivity contribution in [2.24, 2.45) is 5.92 Å². The van der Waals surface area contributed by atoms with E-state index in [1.165, 1.54) is 25.7 Å². The van der Waals surface area contributed by atoms with Crippen LogP contribution in [-0.4, -0.2) is 21.6 Å². The van der Waals surface area contributed by atoms with Crippen molar-refractivity contribution in [3.63, 3.8) is 0 Å². The molecule has 0 bridgehead atoms. The first-order chi connectivity index (χ1) is 9.44. The van der Waals surface area contributed by atoms with E-state index in [-0.39, 0.29) is 16.6 Å². The zero-order valence-electron chi connectivity index (χ0n) is 11.9. The van der Waals surface area contributed by atoms with Gasteiger partial charge in [-0.2, -0.15) is 0 Å². The third-order valence-corrected chi connectivity index (χ3v) is 5.49. The Morgan fingerprint density at radius 2 is 2.00 bits per heavy atom. The van der Waals surface area contributed by atoms with Crippen LogP contribution in [0.3, 0.4) is 0 Å². The molecule has 2 atom stereocenters. The Balaban J connectivity index is 2.21. The van der Waals surface area contributed by atoms with Gasteiger partial charge < -0.3 is 10.5 Å². The number of methoxy groups -OCH3 is 1. The average molecular weight is 298 g/mol. The fraction of sp³-hybridized carbons (Fsp3) is 0.571. The number of rotatable bonds is 4. The second-order valence-corrected chi connectivity index (χ2v) is 7.08. The second-order valence-electron chi connectivity index (χ2n) is 5.39. The third kappa shape index (κ3) is 3.24. The van der Waals surface area contributed by atoms with Gasteiger partial charge in [-0.15, -0.1) is 0 Å². The largest absolute Gasteiger partial charge is 0.497 e. The molecule has 1 aliphatic carbocycles. The lowest BCUT2D eigenvalue weighted by Crippen LogP contribution is -2.41. The molecule has 6 heteroatoms. The molecule has 2 unspecified atom stereocenters. The topological polar surface area (TPSA) is 81.4 Å². The van der Waals surface area contributed by atoms with E-state index >= 15 is 0 Å². The Hall–Kier alpha value is -1.27. The molecular weight excluding hydrogens is 276 g/mol. The summed E-state index contributed by atoms with van der Waals surface area (Å²) in [5, 5.41) is 0. The van der Waals surface area contributed by atoms with Crippen LogP contribution in [0.1, 0.15) is 32.6 Å². The molecule has 0 spiro atoms. The van der Waals surface area contributed by atoms with Gasteiger partial charge in [0, 0.05) is 12.1 Å².